The lowest BCUT2D eigenvalue weighted by molar-refractivity contribution is 0.0920. The Morgan fingerprint density at radius 3 is 2.62 bits per heavy atom. The minimum Gasteiger partial charge on any atom is -0.340 e. The fourth-order valence-corrected chi connectivity index (χ4v) is 3.18. The van der Waals surface area contributed by atoms with Crippen LogP contribution in [0.1, 0.15) is 36.2 Å². The fraction of sp³-hybridized carbons (Fsp3) is 0.190. The average molecular weight is 344 g/mol. The van der Waals surface area contributed by atoms with Crippen LogP contribution in [0.3, 0.4) is 0 Å². The molecule has 0 saturated carbocycles. The number of para-hydroxylation sites is 2. The molecule has 0 aliphatic rings. The largest absolute Gasteiger partial charge is 0.340 e. The van der Waals surface area contributed by atoms with Gasteiger partial charge in [-0.25, -0.2) is 4.98 Å². The zero-order valence-electron chi connectivity index (χ0n) is 14.7. The number of rotatable bonds is 4. The van der Waals surface area contributed by atoms with Gasteiger partial charge in [-0.2, -0.15) is 0 Å². The van der Waals surface area contributed by atoms with Gasteiger partial charge in [-0.1, -0.05) is 50.2 Å². The monoisotopic (exact) mass is 344 g/mol. The molecule has 2 N–H and O–H groups in total. The van der Waals surface area contributed by atoms with Crippen LogP contribution in [0.25, 0.3) is 21.8 Å². The zero-order valence-corrected chi connectivity index (χ0v) is 14.7. The second-order valence-electron chi connectivity index (χ2n) is 6.72. The van der Waals surface area contributed by atoms with E-state index < -0.39 is 0 Å². The van der Waals surface area contributed by atoms with Crippen molar-refractivity contribution in [1.82, 2.24) is 20.3 Å². The van der Waals surface area contributed by atoms with E-state index in [1.165, 1.54) is 0 Å². The number of carbonyl (C=O) groups excluding carboxylic acids is 1. The third-order valence-electron chi connectivity index (χ3n) is 4.54. The minimum absolute atomic E-state index is 0.175. The van der Waals surface area contributed by atoms with Gasteiger partial charge in [-0.3, -0.25) is 9.78 Å². The lowest BCUT2D eigenvalue weighted by atomic mass is 10.0. The topological polar surface area (TPSA) is 70.7 Å². The van der Waals surface area contributed by atoms with E-state index in [9.17, 15) is 4.79 Å². The van der Waals surface area contributed by atoms with Crippen LogP contribution in [-0.4, -0.2) is 20.9 Å². The molecule has 2 aromatic carbocycles. The maximum absolute atomic E-state index is 12.9. The van der Waals surface area contributed by atoms with E-state index in [2.05, 4.69) is 34.1 Å². The summed E-state index contributed by atoms with van der Waals surface area (Å²) in [7, 11) is 0. The van der Waals surface area contributed by atoms with E-state index in [1.54, 1.807) is 6.20 Å². The summed E-state index contributed by atoms with van der Waals surface area (Å²) in [6.45, 7) is 4.13. The standard InChI is InChI=1S/C21H20N4O/c1-13(2)18(20-23-16-9-5-6-10-17(16)24-20)25-21(26)19-15-8-4-3-7-14(15)11-12-22-19/h3-13,18H,1-2H3,(H,23,24)(H,25,26). The van der Waals surface area contributed by atoms with Gasteiger partial charge in [0.1, 0.15) is 11.5 Å². The van der Waals surface area contributed by atoms with Crippen molar-refractivity contribution in [3.8, 4) is 0 Å². The van der Waals surface area contributed by atoms with E-state index in [-0.39, 0.29) is 17.9 Å². The first-order valence-corrected chi connectivity index (χ1v) is 8.73. The number of benzene rings is 2. The van der Waals surface area contributed by atoms with Gasteiger partial charge in [-0.05, 0) is 29.5 Å². The molecule has 1 atom stereocenters. The average Bonchev–Trinajstić information content (AvgIpc) is 3.08. The van der Waals surface area contributed by atoms with Gasteiger partial charge in [0.2, 0.25) is 0 Å². The number of pyridine rings is 1. The summed E-state index contributed by atoms with van der Waals surface area (Å²) in [5.74, 6) is 0.741. The molecule has 0 aliphatic heterocycles. The predicted molar refractivity (Wildman–Crippen MR) is 103 cm³/mol. The van der Waals surface area contributed by atoms with Crippen LogP contribution in [0.2, 0.25) is 0 Å². The summed E-state index contributed by atoms with van der Waals surface area (Å²) >= 11 is 0. The van der Waals surface area contributed by atoms with Crippen LogP contribution in [0, 0.1) is 5.92 Å². The summed E-state index contributed by atoms with van der Waals surface area (Å²) in [5, 5.41) is 4.95. The van der Waals surface area contributed by atoms with Gasteiger partial charge in [0.15, 0.2) is 0 Å². The Kier molecular flexibility index (Phi) is 4.13. The van der Waals surface area contributed by atoms with Crippen molar-refractivity contribution in [2.24, 2.45) is 5.92 Å². The summed E-state index contributed by atoms with van der Waals surface area (Å²) in [6, 6.07) is 17.3. The molecule has 5 heteroatoms. The normalized spacial score (nSPS) is 12.6. The van der Waals surface area contributed by atoms with Crippen molar-refractivity contribution in [2.75, 3.05) is 0 Å². The highest BCUT2D eigenvalue weighted by molar-refractivity contribution is 6.05. The van der Waals surface area contributed by atoms with E-state index >= 15 is 0 Å². The smallest absolute Gasteiger partial charge is 0.271 e. The Bertz CT molecular complexity index is 1050. The van der Waals surface area contributed by atoms with Gasteiger partial charge >= 0.3 is 0 Å². The van der Waals surface area contributed by atoms with Crippen LogP contribution in [0.4, 0.5) is 0 Å². The Morgan fingerprint density at radius 2 is 1.81 bits per heavy atom. The van der Waals surface area contributed by atoms with Gasteiger partial charge in [-0.15, -0.1) is 0 Å². The lowest BCUT2D eigenvalue weighted by Crippen LogP contribution is -2.33. The van der Waals surface area contributed by atoms with E-state index in [0.717, 1.165) is 27.6 Å². The number of fused-ring (bicyclic) bond motifs is 2. The molecular formula is C21H20N4O. The van der Waals surface area contributed by atoms with Crippen LogP contribution < -0.4 is 5.32 Å². The maximum Gasteiger partial charge on any atom is 0.271 e. The number of aromatic amines is 1. The molecule has 0 fully saturated rings. The molecule has 1 unspecified atom stereocenters. The number of hydrogen-bond donors (Lipinski definition) is 2. The first-order valence-electron chi connectivity index (χ1n) is 8.73. The summed E-state index contributed by atoms with van der Waals surface area (Å²) in [6.07, 6.45) is 1.67. The Balaban J connectivity index is 1.69. The molecule has 0 aliphatic carbocycles. The molecule has 0 saturated heterocycles. The highest BCUT2D eigenvalue weighted by Crippen LogP contribution is 2.23. The number of hydrogen-bond acceptors (Lipinski definition) is 3. The number of imidazole rings is 1. The fourth-order valence-electron chi connectivity index (χ4n) is 3.18. The van der Waals surface area contributed by atoms with Gasteiger partial charge < -0.3 is 10.3 Å². The molecule has 0 radical (unpaired) electrons. The summed E-state index contributed by atoms with van der Waals surface area (Å²) < 4.78 is 0. The van der Waals surface area contributed by atoms with Crippen LogP contribution >= 0.6 is 0 Å². The minimum atomic E-state index is -0.226. The molecule has 130 valence electrons. The van der Waals surface area contributed by atoms with Crippen LogP contribution in [0.15, 0.2) is 60.8 Å². The van der Waals surface area contributed by atoms with Crippen molar-refractivity contribution in [3.63, 3.8) is 0 Å². The predicted octanol–water partition coefficient (Wildman–Crippen LogP) is 4.24. The van der Waals surface area contributed by atoms with Crippen LogP contribution in [0.5, 0.6) is 0 Å². The van der Waals surface area contributed by atoms with Crippen molar-refractivity contribution >= 4 is 27.7 Å². The quantitative estimate of drug-likeness (QED) is 0.582. The second-order valence-corrected chi connectivity index (χ2v) is 6.72. The number of carbonyl (C=O) groups is 1. The Labute approximate surface area is 151 Å². The van der Waals surface area contributed by atoms with Gasteiger partial charge in [0.25, 0.3) is 5.91 Å². The number of aromatic nitrogens is 3. The summed E-state index contributed by atoms with van der Waals surface area (Å²) in [4.78, 5) is 25.2. The Hall–Kier alpha value is -3.21. The lowest BCUT2D eigenvalue weighted by Gasteiger charge is -2.20. The molecular weight excluding hydrogens is 324 g/mol. The Morgan fingerprint density at radius 1 is 1.04 bits per heavy atom. The van der Waals surface area contributed by atoms with Gasteiger partial charge in [0, 0.05) is 11.6 Å². The van der Waals surface area contributed by atoms with Crippen LogP contribution in [-0.2, 0) is 0 Å². The van der Waals surface area contributed by atoms with E-state index in [1.807, 2.05) is 54.6 Å². The first kappa shape index (κ1) is 16.3. The third kappa shape index (κ3) is 2.92. The third-order valence-corrected chi connectivity index (χ3v) is 4.54. The molecule has 0 bridgehead atoms. The van der Waals surface area contributed by atoms with E-state index in [0.29, 0.717) is 5.69 Å². The van der Waals surface area contributed by atoms with E-state index in [4.69, 9.17) is 0 Å². The molecule has 2 aromatic heterocycles. The van der Waals surface area contributed by atoms with Crippen molar-refractivity contribution < 1.29 is 4.79 Å². The molecule has 1 amide bonds. The molecule has 5 nitrogen and oxygen atoms in total. The summed E-state index contributed by atoms with van der Waals surface area (Å²) in [5.41, 5.74) is 2.29. The SMILES string of the molecule is CC(C)C(NC(=O)c1nccc2ccccc12)c1nc2ccccc2[nH]1. The van der Waals surface area contributed by atoms with Gasteiger partial charge in [0.05, 0.1) is 17.1 Å². The van der Waals surface area contributed by atoms with Crippen molar-refractivity contribution in [3.05, 3.63) is 72.3 Å². The number of nitrogens with zero attached hydrogens (tertiary/aromatic N) is 2. The highest BCUT2D eigenvalue weighted by Gasteiger charge is 2.23. The van der Waals surface area contributed by atoms with Crippen molar-refractivity contribution in [2.45, 2.75) is 19.9 Å². The molecule has 0 spiro atoms. The number of nitrogens with one attached hydrogen (secondary N) is 2. The van der Waals surface area contributed by atoms with Crippen molar-refractivity contribution in [1.29, 1.82) is 0 Å². The highest BCUT2D eigenvalue weighted by atomic mass is 16.2. The maximum atomic E-state index is 12.9. The molecule has 26 heavy (non-hydrogen) atoms. The molecule has 2 heterocycles. The zero-order chi connectivity index (χ0) is 18.1. The number of amides is 1. The first-order chi connectivity index (χ1) is 12.6. The molecule has 4 rings (SSSR count). The second kappa shape index (κ2) is 6.59. The molecule has 4 aromatic rings. The number of H-pyrrole nitrogens is 1.